The maximum Gasteiger partial charge on any atom is 0.356 e. The fraction of sp³-hybridized carbons (Fsp3) is 0.615. The highest BCUT2D eigenvalue weighted by atomic mass is 16.4. The molecule has 0 aliphatic heterocycles. The van der Waals surface area contributed by atoms with Crippen LogP contribution in [0.1, 0.15) is 49.5 Å². The predicted molar refractivity (Wildman–Crippen MR) is 68.7 cm³/mol. The van der Waals surface area contributed by atoms with Gasteiger partial charge in [-0.15, -0.1) is 0 Å². The molecular formula is C13H19N3O2. The lowest BCUT2D eigenvalue weighted by molar-refractivity contribution is 0.0690. The minimum atomic E-state index is -1.05. The van der Waals surface area contributed by atoms with Gasteiger partial charge in [0, 0.05) is 6.54 Å². The second-order valence-corrected chi connectivity index (χ2v) is 5.32. The Hall–Kier alpha value is -1.65. The molecular weight excluding hydrogens is 230 g/mol. The third-order valence-electron chi connectivity index (χ3n) is 3.63. The van der Waals surface area contributed by atoms with Crippen molar-refractivity contribution in [2.45, 2.75) is 39.0 Å². The Morgan fingerprint density at radius 2 is 2.06 bits per heavy atom. The molecule has 0 aromatic carbocycles. The summed E-state index contributed by atoms with van der Waals surface area (Å²) in [7, 11) is 0. The number of carbonyl (C=O) groups is 1. The standard InChI is InChI=1S/C13H19N3O2/c1-13(5-3-2-4-6-13)9-16-11-8-14-10(7-15-11)12(17)18/h7-8H,2-6,9H2,1H3,(H,15,16)(H,17,18). The molecule has 0 unspecified atom stereocenters. The van der Waals surface area contributed by atoms with Crippen LogP contribution in [0.5, 0.6) is 0 Å². The Labute approximate surface area is 107 Å². The van der Waals surface area contributed by atoms with Crippen molar-refractivity contribution in [2.24, 2.45) is 5.41 Å². The van der Waals surface area contributed by atoms with Crippen molar-refractivity contribution in [3.63, 3.8) is 0 Å². The van der Waals surface area contributed by atoms with Crippen LogP contribution in [-0.2, 0) is 0 Å². The van der Waals surface area contributed by atoms with Gasteiger partial charge in [-0.2, -0.15) is 0 Å². The summed E-state index contributed by atoms with van der Waals surface area (Å²) in [5.74, 6) is -0.403. The molecule has 1 aliphatic rings. The van der Waals surface area contributed by atoms with E-state index in [0.717, 1.165) is 6.54 Å². The number of nitrogens with one attached hydrogen (secondary N) is 1. The van der Waals surface area contributed by atoms with Gasteiger partial charge >= 0.3 is 5.97 Å². The zero-order valence-corrected chi connectivity index (χ0v) is 10.6. The smallest absolute Gasteiger partial charge is 0.356 e. The number of rotatable bonds is 4. The first-order chi connectivity index (χ1) is 8.59. The summed E-state index contributed by atoms with van der Waals surface area (Å²) >= 11 is 0. The Morgan fingerprint density at radius 3 is 2.61 bits per heavy atom. The summed E-state index contributed by atoms with van der Waals surface area (Å²) in [5.41, 5.74) is 0.301. The zero-order chi connectivity index (χ0) is 13.0. The van der Waals surface area contributed by atoms with Gasteiger partial charge < -0.3 is 10.4 Å². The third kappa shape index (κ3) is 3.18. The number of hydrogen-bond acceptors (Lipinski definition) is 4. The predicted octanol–water partition coefficient (Wildman–Crippen LogP) is 2.56. The fourth-order valence-corrected chi connectivity index (χ4v) is 2.42. The zero-order valence-electron chi connectivity index (χ0n) is 10.6. The molecule has 0 bridgehead atoms. The summed E-state index contributed by atoms with van der Waals surface area (Å²) in [6.45, 7) is 3.16. The molecule has 98 valence electrons. The van der Waals surface area contributed by atoms with E-state index in [-0.39, 0.29) is 5.69 Å². The SMILES string of the molecule is CC1(CNc2cnc(C(=O)O)cn2)CCCCC1. The van der Waals surface area contributed by atoms with Gasteiger partial charge in [-0.25, -0.2) is 14.8 Å². The van der Waals surface area contributed by atoms with E-state index in [1.165, 1.54) is 44.5 Å². The Balaban J connectivity index is 1.91. The summed E-state index contributed by atoms with van der Waals surface area (Å²) in [6, 6.07) is 0. The van der Waals surface area contributed by atoms with Gasteiger partial charge in [0.25, 0.3) is 0 Å². The molecule has 0 radical (unpaired) electrons. The first-order valence-corrected chi connectivity index (χ1v) is 6.38. The molecule has 18 heavy (non-hydrogen) atoms. The van der Waals surface area contributed by atoms with Gasteiger partial charge in [-0.05, 0) is 18.3 Å². The van der Waals surface area contributed by atoms with Crippen molar-refractivity contribution in [1.29, 1.82) is 0 Å². The molecule has 1 heterocycles. The lowest BCUT2D eigenvalue weighted by Crippen LogP contribution is -2.29. The summed E-state index contributed by atoms with van der Waals surface area (Å²) < 4.78 is 0. The van der Waals surface area contributed by atoms with Crippen molar-refractivity contribution >= 4 is 11.8 Å². The van der Waals surface area contributed by atoms with E-state index in [4.69, 9.17) is 5.11 Å². The average Bonchev–Trinajstić information content (AvgIpc) is 2.38. The topological polar surface area (TPSA) is 75.1 Å². The molecule has 0 saturated heterocycles. The van der Waals surface area contributed by atoms with Crippen LogP contribution in [-0.4, -0.2) is 27.6 Å². The van der Waals surface area contributed by atoms with E-state index >= 15 is 0 Å². The third-order valence-corrected chi connectivity index (χ3v) is 3.63. The highest BCUT2D eigenvalue weighted by Gasteiger charge is 2.26. The van der Waals surface area contributed by atoms with Crippen LogP contribution in [0.2, 0.25) is 0 Å². The van der Waals surface area contributed by atoms with Crippen molar-refractivity contribution < 1.29 is 9.90 Å². The maximum absolute atomic E-state index is 10.6. The Kier molecular flexibility index (Phi) is 3.79. The van der Waals surface area contributed by atoms with Gasteiger partial charge in [0.1, 0.15) is 5.82 Å². The van der Waals surface area contributed by atoms with Crippen LogP contribution < -0.4 is 5.32 Å². The van der Waals surface area contributed by atoms with Gasteiger partial charge in [0.05, 0.1) is 12.4 Å². The molecule has 0 amide bonds. The number of nitrogens with zero attached hydrogens (tertiary/aromatic N) is 2. The number of carboxylic acid groups (broad SMARTS) is 1. The van der Waals surface area contributed by atoms with Gasteiger partial charge in [0.2, 0.25) is 0 Å². The monoisotopic (exact) mass is 249 g/mol. The average molecular weight is 249 g/mol. The van der Waals surface area contributed by atoms with E-state index in [1.807, 2.05) is 0 Å². The number of anilines is 1. The number of aromatic carboxylic acids is 1. The van der Waals surface area contributed by atoms with Gasteiger partial charge in [0.15, 0.2) is 5.69 Å². The second-order valence-electron chi connectivity index (χ2n) is 5.32. The Bertz CT molecular complexity index is 411. The summed E-state index contributed by atoms with van der Waals surface area (Å²) in [6.07, 6.45) is 9.16. The van der Waals surface area contributed by atoms with E-state index in [2.05, 4.69) is 22.2 Å². The lowest BCUT2D eigenvalue weighted by atomic mass is 9.76. The molecule has 1 aromatic heterocycles. The van der Waals surface area contributed by atoms with Crippen LogP contribution in [0, 0.1) is 5.41 Å². The quantitative estimate of drug-likeness (QED) is 0.857. The molecule has 5 nitrogen and oxygen atoms in total. The minimum absolute atomic E-state index is 0.0237. The van der Waals surface area contributed by atoms with Gasteiger partial charge in [-0.1, -0.05) is 26.2 Å². The number of aromatic nitrogens is 2. The molecule has 0 spiro atoms. The van der Waals surface area contributed by atoms with E-state index in [9.17, 15) is 4.79 Å². The Morgan fingerprint density at radius 1 is 1.33 bits per heavy atom. The molecule has 1 fully saturated rings. The number of carboxylic acids is 1. The maximum atomic E-state index is 10.6. The van der Waals surface area contributed by atoms with Gasteiger partial charge in [-0.3, -0.25) is 0 Å². The fourth-order valence-electron chi connectivity index (χ4n) is 2.42. The molecule has 1 saturated carbocycles. The first kappa shape index (κ1) is 12.8. The van der Waals surface area contributed by atoms with E-state index < -0.39 is 5.97 Å². The lowest BCUT2D eigenvalue weighted by Gasteiger charge is -2.33. The highest BCUT2D eigenvalue weighted by Crippen LogP contribution is 2.35. The van der Waals surface area contributed by atoms with Crippen molar-refractivity contribution in [2.75, 3.05) is 11.9 Å². The highest BCUT2D eigenvalue weighted by molar-refractivity contribution is 5.84. The first-order valence-electron chi connectivity index (χ1n) is 6.38. The molecule has 5 heteroatoms. The molecule has 1 aliphatic carbocycles. The molecule has 2 N–H and O–H groups in total. The van der Waals surface area contributed by atoms with Crippen LogP contribution in [0.3, 0.4) is 0 Å². The minimum Gasteiger partial charge on any atom is -0.476 e. The molecule has 2 rings (SSSR count). The second kappa shape index (κ2) is 5.33. The van der Waals surface area contributed by atoms with Crippen LogP contribution in [0.15, 0.2) is 12.4 Å². The van der Waals surface area contributed by atoms with Crippen LogP contribution in [0.25, 0.3) is 0 Å². The van der Waals surface area contributed by atoms with Crippen molar-refractivity contribution in [1.82, 2.24) is 9.97 Å². The summed E-state index contributed by atoms with van der Waals surface area (Å²) in [5, 5.41) is 12.0. The molecule has 0 atom stereocenters. The van der Waals surface area contributed by atoms with E-state index in [1.54, 1.807) is 0 Å². The number of hydrogen-bond donors (Lipinski definition) is 2. The normalized spacial score (nSPS) is 18.3. The van der Waals surface area contributed by atoms with Crippen LogP contribution in [0.4, 0.5) is 5.82 Å². The molecule has 1 aromatic rings. The largest absolute Gasteiger partial charge is 0.476 e. The van der Waals surface area contributed by atoms with Crippen LogP contribution >= 0.6 is 0 Å². The summed E-state index contributed by atoms with van der Waals surface area (Å²) in [4.78, 5) is 18.5. The van der Waals surface area contributed by atoms with Crippen molar-refractivity contribution in [3.05, 3.63) is 18.1 Å². The van der Waals surface area contributed by atoms with E-state index in [0.29, 0.717) is 11.2 Å². The van der Waals surface area contributed by atoms with Crippen molar-refractivity contribution in [3.8, 4) is 0 Å².